The van der Waals surface area contributed by atoms with E-state index in [1.165, 1.54) is 12.5 Å². The predicted molar refractivity (Wildman–Crippen MR) is 87.4 cm³/mol. The molecule has 23 heavy (non-hydrogen) atoms. The summed E-state index contributed by atoms with van der Waals surface area (Å²) in [6, 6.07) is 0.0737. The molecule has 1 fully saturated rings. The van der Waals surface area contributed by atoms with Crippen molar-refractivity contribution in [1.29, 1.82) is 0 Å². The molecule has 7 nitrogen and oxygen atoms in total. The number of nitrogens with zero attached hydrogens (tertiary/aromatic N) is 2. The van der Waals surface area contributed by atoms with Gasteiger partial charge in [-0.1, -0.05) is 13.3 Å². The van der Waals surface area contributed by atoms with Crippen molar-refractivity contribution in [2.45, 2.75) is 32.2 Å². The first-order valence-corrected chi connectivity index (χ1v) is 8.20. The Morgan fingerprint density at radius 1 is 1.52 bits per heavy atom. The topological polar surface area (TPSA) is 87.3 Å². The Morgan fingerprint density at radius 2 is 2.35 bits per heavy atom. The molecule has 2 rings (SSSR count). The Labute approximate surface area is 136 Å². The summed E-state index contributed by atoms with van der Waals surface area (Å²) >= 11 is 0. The van der Waals surface area contributed by atoms with Crippen molar-refractivity contribution < 1.29 is 9.53 Å². The second kappa shape index (κ2) is 8.79. The zero-order valence-electron chi connectivity index (χ0n) is 13.9. The van der Waals surface area contributed by atoms with Crippen LogP contribution in [0.15, 0.2) is 17.3 Å². The van der Waals surface area contributed by atoms with Crippen molar-refractivity contribution in [3.8, 4) is 0 Å². The highest BCUT2D eigenvalue weighted by molar-refractivity contribution is 5.93. The maximum Gasteiger partial charge on any atom is 0.263 e. The Morgan fingerprint density at radius 3 is 3.04 bits per heavy atom. The fourth-order valence-corrected chi connectivity index (χ4v) is 3.15. The third-order valence-electron chi connectivity index (χ3n) is 4.28. The number of amides is 1. The van der Waals surface area contributed by atoms with Gasteiger partial charge in [-0.25, -0.2) is 4.98 Å². The zero-order chi connectivity index (χ0) is 16.7. The molecule has 2 N–H and O–H groups in total. The molecule has 128 valence electrons. The summed E-state index contributed by atoms with van der Waals surface area (Å²) in [6.45, 7) is 5.66. The van der Waals surface area contributed by atoms with Crippen molar-refractivity contribution in [2.75, 3.05) is 33.4 Å². The van der Waals surface area contributed by atoms with Gasteiger partial charge >= 0.3 is 0 Å². The molecular weight excluding hydrogens is 296 g/mol. The Balaban J connectivity index is 1.97. The van der Waals surface area contributed by atoms with Crippen molar-refractivity contribution in [3.63, 3.8) is 0 Å². The number of aromatic nitrogens is 2. The van der Waals surface area contributed by atoms with Crippen LogP contribution in [0.4, 0.5) is 0 Å². The quantitative estimate of drug-likeness (QED) is 0.686. The van der Waals surface area contributed by atoms with Crippen LogP contribution >= 0.6 is 0 Å². The fourth-order valence-electron chi connectivity index (χ4n) is 3.15. The van der Waals surface area contributed by atoms with E-state index in [-0.39, 0.29) is 17.5 Å². The first kappa shape index (κ1) is 17.6. The SMILES string of the molecule is CCC[C@H]1CN(CCCOC)C[C@@H]1NC(=O)c1cnc[nH]c1=O. The molecule has 1 aliphatic rings. The fraction of sp³-hybridized carbons (Fsp3) is 0.688. The molecule has 0 bridgehead atoms. The number of hydrogen-bond acceptors (Lipinski definition) is 5. The van der Waals surface area contributed by atoms with Crippen LogP contribution in [0.5, 0.6) is 0 Å². The number of likely N-dealkylation sites (tertiary alicyclic amines) is 1. The first-order valence-electron chi connectivity index (χ1n) is 8.20. The standard InChI is InChI=1S/C16H26N4O3/c1-3-5-12-9-20(6-4-7-23-2)10-14(12)19-16(22)13-8-17-11-18-15(13)21/h8,11-12,14H,3-7,9-10H2,1-2H3,(H,19,22)(H,17,18,21)/t12-,14-/m0/s1. The third kappa shape index (κ3) is 4.87. The normalized spacial score (nSPS) is 21.5. The predicted octanol–water partition coefficient (Wildman–Crippen LogP) is 0.637. The first-order chi connectivity index (χ1) is 11.2. The molecule has 0 spiro atoms. The molecular formula is C16H26N4O3. The average Bonchev–Trinajstić information content (AvgIpc) is 2.90. The molecule has 1 aromatic rings. The largest absolute Gasteiger partial charge is 0.385 e. The maximum atomic E-state index is 12.3. The highest BCUT2D eigenvalue weighted by Gasteiger charge is 2.33. The Bertz CT molecular complexity index is 560. The highest BCUT2D eigenvalue weighted by Crippen LogP contribution is 2.22. The molecule has 2 atom stereocenters. The minimum absolute atomic E-state index is 0.0700. The molecule has 0 aromatic carbocycles. The van der Waals surface area contributed by atoms with Gasteiger partial charge in [-0.05, 0) is 18.8 Å². The number of aromatic amines is 1. The van der Waals surface area contributed by atoms with Crippen LogP contribution in [0, 0.1) is 5.92 Å². The van der Waals surface area contributed by atoms with E-state index in [1.54, 1.807) is 7.11 Å². The lowest BCUT2D eigenvalue weighted by Gasteiger charge is -2.19. The third-order valence-corrected chi connectivity index (χ3v) is 4.28. The van der Waals surface area contributed by atoms with Crippen LogP contribution in [0.3, 0.4) is 0 Å². The van der Waals surface area contributed by atoms with Crippen LogP contribution < -0.4 is 10.9 Å². The Hall–Kier alpha value is -1.73. The van der Waals surface area contributed by atoms with E-state index >= 15 is 0 Å². The molecule has 1 saturated heterocycles. The number of hydrogen-bond donors (Lipinski definition) is 2. The molecule has 0 unspecified atom stereocenters. The van der Waals surface area contributed by atoms with Crippen molar-refractivity contribution in [2.24, 2.45) is 5.92 Å². The van der Waals surface area contributed by atoms with Gasteiger partial charge < -0.3 is 19.9 Å². The Kier molecular flexibility index (Phi) is 6.73. The van der Waals surface area contributed by atoms with Gasteiger partial charge in [0, 0.05) is 45.6 Å². The van der Waals surface area contributed by atoms with Crippen LogP contribution in [0.1, 0.15) is 36.5 Å². The number of nitrogens with one attached hydrogen (secondary N) is 2. The number of methoxy groups -OCH3 is 1. The van der Waals surface area contributed by atoms with E-state index < -0.39 is 5.56 Å². The lowest BCUT2D eigenvalue weighted by atomic mass is 9.98. The molecule has 0 radical (unpaired) electrons. The van der Waals surface area contributed by atoms with Gasteiger partial charge in [-0.3, -0.25) is 9.59 Å². The number of rotatable bonds is 8. The number of carbonyl (C=O) groups is 1. The molecule has 0 saturated carbocycles. The molecule has 1 aromatic heterocycles. The highest BCUT2D eigenvalue weighted by atomic mass is 16.5. The van der Waals surface area contributed by atoms with Gasteiger partial charge in [0.05, 0.1) is 6.33 Å². The maximum absolute atomic E-state index is 12.3. The van der Waals surface area contributed by atoms with Crippen LogP contribution in [-0.2, 0) is 4.74 Å². The number of H-pyrrole nitrogens is 1. The summed E-state index contributed by atoms with van der Waals surface area (Å²) in [5.74, 6) is 0.0754. The van der Waals surface area contributed by atoms with Crippen LogP contribution in [0.25, 0.3) is 0 Å². The second-order valence-corrected chi connectivity index (χ2v) is 6.03. The molecule has 7 heteroatoms. The summed E-state index contributed by atoms with van der Waals surface area (Å²) in [5.41, 5.74) is -0.333. The molecule has 2 heterocycles. The van der Waals surface area contributed by atoms with Gasteiger partial charge in [0.15, 0.2) is 0 Å². The summed E-state index contributed by atoms with van der Waals surface area (Å²) in [7, 11) is 1.71. The molecule has 0 aliphatic carbocycles. The monoisotopic (exact) mass is 322 g/mol. The number of ether oxygens (including phenoxy) is 1. The van der Waals surface area contributed by atoms with Gasteiger partial charge in [0.1, 0.15) is 5.56 Å². The lowest BCUT2D eigenvalue weighted by molar-refractivity contribution is 0.0927. The zero-order valence-corrected chi connectivity index (χ0v) is 13.9. The van der Waals surface area contributed by atoms with E-state index in [0.29, 0.717) is 5.92 Å². The van der Waals surface area contributed by atoms with Gasteiger partial charge in [-0.2, -0.15) is 0 Å². The van der Waals surface area contributed by atoms with E-state index in [9.17, 15) is 9.59 Å². The summed E-state index contributed by atoms with van der Waals surface area (Å²) in [4.78, 5) is 32.6. The molecule has 1 aliphatic heterocycles. The van der Waals surface area contributed by atoms with Crippen LogP contribution in [-0.4, -0.2) is 60.2 Å². The van der Waals surface area contributed by atoms with E-state index in [0.717, 1.165) is 45.5 Å². The van der Waals surface area contributed by atoms with Crippen molar-refractivity contribution in [3.05, 3.63) is 28.4 Å². The van der Waals surface area contributed by atoms with Gasteiger partial charge in [0.2, 0.25) is 0 Å². The summed E-state index contributed by atoms with van der Waals surface area (Å²) in [6.07, 6.45) is 5.73. The van der Waals surface area contributed by atoms with Gasteiger partial charge in [0.25, 0.3) is 11.5 Å². The molecule has 1 amide bonds. The summed E-state index contributed by atoms with van der Waals surface area (Å²) < 4.78 is 5.10. The van der Waals surface area contributed by atoms with Crippen LogP contribution in [0.2, 0.25) is 0 Å². The van der Waals surface area contributed by atoms with E-state index in [2.05, 4.69) is 27.1 Å². The number of carbonyl (C=O) groups excluding carboxylic acids is 1. The lowest BCUT2D eigenvalue weighted by Crippen LogP contribution is -2.42. The average molecular weight is 322 g/mol. The minimum atomic E-state index is -0.403. The van der Waals surface area contributed by atoms with Crippen molar-refractivity contribution in [1.82, 2.24) is 20.2 Å². The minimum Gasteiger partial charge on any atom is -0.385 e. The van der Waals surface area contributed by atoms with E-state index in [4.69, 9.17) is 4.74 Å². The van der Waals surface area contributed by atoms with E-state index in [1.807, 2.05) is 0 Å². The summed E-state index contributed by atoms with van der Waals surface area (Å²) in [5, 5.41) is 3.02. The van der Waals surface area contributed by atoms with Gasteiger partial charge in [-0.15, -0.1) is 0 Å². The second-order valence-electron chi connectivity index (χ2n) is 6.03. The smallest absolute Gasteiger partial charge is 0.263 e. The van der Waals surface area contributed by atoms with Crippen molar-refractivity contribution >= 4 is 5.91 Å².